The normalized spacial score (nSPS) is 16.5. The van der Waals surface area contributed by atoms with Gasteiger partial charge in [0, 0.05) is 17.2 Å². The van der Waals surface area contributed by atoms with Gasteiger partial charge in [-0.3, -0.25) is 4.79 Å². The first-order chi connectivity index (χ1) is 8.24. The molecule has 0 aliphatic carbocycles. The molecule has 1 aliphatic rings. The molecule has 1 aromatic rings. The van der Waals surface area contributed by atoms with E-state index in [-0.39, 0.29) is 11.9 Å². The second-order valence-corrected chi connectivity index (χ2v) is 5.34. The highest BCUT2D eigenvalue weighted by atomic mass is 32.2. The second-order valence-electron chi connectivity index (χ2n) is 4.20. The molecule has 92 valence electrons. The number of fused-ring (bicyclic) bond motifs is 1. The Bertz CT molecular complexity index is 408. The van der Waals surface area contributed by atoms with Crippen molar-refractivity contribution < 1.29 is 4.79 Å². The number of hydrogen-bond donors (Lipinski definition) is 1. The van der Waals surface area contributed by atoms with E-state index in [4.69, 9.17) is 5.73 Å². The molecule has 0 saturated heterocycles. The van der Waals surface area contributed by atoms with Crippen LogP contribution in [0.5, 0.6) is 0 Å². The fraction of sp³-hybridized carbons (Fsp3) is 0.462. The summed E-state index contributed by atoms with van der Waals surface area (Å²) in [6.45, 7) is 2.81. The zero-order valence-corrected chi connectivity index (χ0v) is 10.9. The zero-order chi connectivity index (χ0) is 12.3. The summed E-state index contributed by atoms with van der Waals surface area (Å²) in [5.74, 6) is 1.00. The van der Waals surface area contributed by atoms with Crippen LogP contribution in [-0.2, 0) is 4.79 Å². The summed E-state index contributed by atoms with van der Waals surface area (Å²) in [6, 6.07) is 7.67. The van der Waals surface area contributed by atoms with Crippen molar-refractivity contribution in [2.24, 2.45) is 5.73 Å². The number of hydrogen-bond acceptors (Lipinski definition) is 3. The molecule has 0 aromatic heterocycles. The molecule has 0 saturated carbocycles. The average Bonchev–Trinajstić information content (AvgIpc) is 2.37. The van der Waals surface area contributed by atoms with Gasteiger partial charge in [-0.1, -0.05) is 25.5 Å². The standard InChI is InChI=1S/C13H18N2OS/c1-2-5-10(14)13(16)15-8-9-17-12-7-4-3-6-11(12)15/h3-4,6-7,10H,2,5,8-9,14H2,1H3. The second kappa shape index (κ2) is 5.56. The Hall–Kier alpha value is -1.00. The topological polar surface area (TPSA) is 46.3 Å². The number of benzene rings is 1. The van der Waals surface area contributed by atoms with E-state index < -0.39 is 0 Å². The zero-order valence-electron chi connectivity index (χ0n) is 10.1. The number of nitrogens with zero attached hydrogens (tertiary/aromatic N) is 1. The van der Waals surface area contributed by atoms with Gasteiger partial charge in [-0.25, -0.2) is 0 Å². The third kappa shape index (κ3) is 2.64. The lowest BCUT2D eigenvalue weighted by molar-refractivity contribution is -0.120. The fourth-order valence-corrected chi connectivity index (χ4v) is 3.03. The van der Waals surface area contributed by atoms with Crippen LogP contribution in [0.4, 0.5) is 5.69 Å². The van der Waals surface area contributed by atoms with Crippen LogP contribution in [0.3, 0.4) is 0 Å². The maximum absolute atomic E-state index is 12.2. The number of nitrogens with two attached hydrogens (primary N) is 1. The van der Waals surface area contributed by atoms with E-state index in [0.29, 0.717) is 0 Å². The highest BCUT2D eigenvalue weighted by molar-refractivity contribution is 7.99. The van der Waals surface area contributed by atoms with Crippen molar-refractivity contribution in [1.29, 1.82) is 0 Å². The van der Waals surface area contributed by atoms with E-state index in [1.54, 1.807) is 11.8 Å². The van der Waals surface area contributed by atoms with Crippen LogP contribution in [0.1, 0.15) is 19.8 Å². The monoisotopic (exact) mass is 250 g/mol. The van der Waals surface area contributed by atoms with Gasteiger partial charge in [0.05, 0.1) is 11.7 Å². The molecule has 1 heterocycles. The smallest absolute Gasteiger partial charge is 0.243 e. The molecule has 0 radical (unpaired) electrons. The third-order valence-corrected chi connectivity index (χ3v) is 3.95. The van der Waals surface area contributed by atoms with Crippen molar-refractivity contribution in [3.05, 3.63) is 24.3 Å². The lowest BCUT2D eigenvalue weighted by Gasteiger charge is -2.30. The van der Waals surface area contributed by atoms with Gasteiger partial charge in [-0.2, -0.15) is 0 Å². The van der Waals surface area contributed by atoms with Gasteiger partial charge in [0.2, 0.25) is 5.91 Å². The molecule has 2 rings (SSSR count). The highest BCUT2D eigenvalue weighted by Gasteiger charge is 2.26. The molecule has 3 nitrogen and oxygen atoms in total. The number of anilines is 1. The molecule has 1 atom stereocenters. The van der Waals surface area contributed by atoms with Gasteiger partial charge in [0.1, 0.15) is 0 Å². The maximum Gasteiger partial charge on any atom is 0.243 e. The number of carbonyl (C=O) groups is 1. The molecule has 1 aliphatic heterocycles. The third-order valence-electron chi connectivity index (χ3n) is 2.91. The van der Waals surface area contributed by atoms with Crippen molar-refractivity contribution in [1.82, 2.24) is 0 Å². The van der Waals surface area contributed by atoms with Gasteiger partial charge < -0.3 is 10.6 Å². The average molecular weight is 250 g/mol. The van der Waals surface area contributed by atoms with Crippen LogP contribution < -0.4 is 10.6 Å². The molecule has 0 spiro atoms. The molecule has 2 N–H and O–H groups in total. The molecular weight excluding hydrogens is 232 g/mol. The summed E-state index contributed by atoms with van der Waals surface area (Å²) >= 11 is 1.80. The summed E-state index contributed by atoms with van der Waals surface area (Å²) in [4.78, 5) is 15.3. The van der Waals surface area contributed by atoms with E-state index in [1.165, 1.54) is 4.90 Å². The molecule has 1 unspecified atom stereocenters. The summed E-state index contributed by atoms with van der Waals surface area (Å²) in [6.07, 6.45) is 1.70. The van der Waals surface area contributed by atoms with Crippen molar-refractivity contribution in [2.45, 2.75) is 30.7 Å². The van der Waals surface area contributed by atoms with E-state index in [9.17, 15) is 4.79 Å². The number of rotatable bonds is 3. The van der Waals surface area contributed by atoms with Gasteiger partial charge in [-0.15, -0.1) is 11.8 Å². The Kier molecular flexibility index (Phi) is 4.07. The van der Waals surface area contributed by atoms with Gasteiger partial charge in [0.15, 0.2) is 0 Å². The first kappa shape index (κ1) is 12.5. The molecular formula is C13H18N2OS. The number of para-hydroxylation sites is 1. The number of thioether (sulfide) groups is 1. The summed E-state index contributed by atoms with van der Waals surface area (Å²) in [5.41, 5.74) is 6.93. The lowest BCUT2D eigenvalue weighted by atomic mass is 10.1. The van der Waals surface area contributed by atoms with Gasteiger partial charge in [-0.05, 0) is 18.6 Å². The molecule has 0 fully saturated rings. The minimum Gasteiger partial charge on any atom is -0.320 e. The van der Waals surface area contributed by atoms with E-state index in [0.717, 1.165) is 30.8 Å². The Morgan fingerprint density at radius 1 is 1.53 bits per heavy atom. The molecule has 1 aromatic carbocycles. The Morgan fingerprint density at radius 2 is 2.29 bits per heavy atom. The summed E-state index contributed by atoms with van der Waals surface area (Å²) < 4.78 is 0. The van der Waals surface area contributed by atoms with Crippen LogP contribution in [0, 0.1) is 0 Å². The van der Waals surface area contributed by atoms with E-state index in [2.05, 4.69) is 6.07 Å². The minimum atomic E-state index is -0.365. The predicted molar refractivity (Wildman–Crippen MR) is 72.4 cm³/mol. The van der Waals surface area contributed by atoms with Crippen LogP contribution in [0.2, 0.25) is 0 Å². The number of carbonyl (C=O) groups excluding carboxylic acids is 1. The lowest BCUT2D eigenvalue weighted by Crippen LogP contribution is -2.46. The first-order valence-corrected chi connectivity index (χ1v) is 7.01. The van der Waals surface area contributed by atoms with Crippen LogP contribution in [-0.4, -0.2) is 24.2 Å². The van der Waals surface area contributed by atoms with Crippen molar-refractivity contribution in [3.63, 3.8) is 0 Å². The Labute approximate surface area is 106 Å². The van der Waals surface area contributed by atoms with Crippen LogP contribution in [0.15, 0.2) is 29.2 Å². The molecule has 17 heavy (non-hydrogen) atoms. The van der Waals surface area contributed by atoms with Gasteiger partial charge >= 0.3 is 0 Å². The maximum atomic E-state index is 12.2. The van der Waals surface area contributed by atoms with Gasteiger partial charge in [0.25, 0.3) is 0 Å². The van der Waals surface area contributed by atoms with Crippen LogP contribution >= 0.6 is 11.8 Å². The van der Waals surface area contributed by atoms with Crippen molar-refractivity contribution in [3.8, 4) is 0 Å². The number of amides is 1. The quantitative estimate of drug-likeness (QED) is 0.895. The van der Waals surface area contributed by atoms with E-state index in [1.807, 2.05) is 30.0 Å². The Balaban J connectivity index is 2.20. The van der Waals surface area contributed by atoms with Crippen molar-refractivity contribution >= 4 is 23.4 Å². The summed E-state index contributed by atoms with van der Waals surface area (Å²) in [5, 5.41) is 0. The van der Waals surface area contributed by atoms with E-state index >= 15 is 0 Å². The highest BCUT2D eigenvalue weighted by Crippen LogP contribution is 2.34. The molecule has 1 amide bonds. The van der Waals surface area contributed by atoms with Crippen LogP contribution in [0.25, 0.3) is 0 Å². The molecule has 0 bridgehead atoms. The Morgan fingerprint density at radius 3 is 3.06 bits per heavy atom. The molecule has 4 heteroatoms. The minimum absolute atomic E-state index is 0.0552. The SMILES string of the molecule is CCCC(N)C(=O)N1CCSc2ccccc21. The summed E-state index contributed by atoms with van der Waals surface area (Å²) in [7, 11) is 0. The fourth-order valence-electron chi connectivity index (χ4n) is 2.03. The van der Waals surface area contributed by atoms with Crippen molar-refractivity contribution in [2.75, 3.05) is 17.2 Å². The predicted octanol–water partition coefficient (Wildman–Crippen LogP) is 2.25. The largest absolute Gasteiger partial charge is 0.320 e. The first-order valence-electron chi connectivity index (χ1n) is 6.03.